The van der Waals surface area contributed by atoms with Crippen LogP contribution in [0.3, 0.4) is 0 Å². The number of hydrogen-bond acceptors (Lipinski definition) is 2. The van der Waals surface area contributed by atoms with E-state index in [9.17, 15) is 4.79 Å². The minimum atomic E-state index is 0.0797. The molecule has 1 aromatic heterocycles. The van der Waals surface area contributed by atoms with E-state index in [1.807, 2.05) is 6.07 Å². The lowest BCUT2D eigenvalue weighted by Crippen LogP contribution is -2.22. The molecule has 1 aliphatic carbocycles. The Morgan fingerprint density at radius 2 is 1.94 bits per heavy atom. The highest BCUT2D eigenvalue weighted by Gasteiger charge is 2.26. The molecule has 86 valence electrons. The fourth-order valence-corrected chi connectivity index (χ4v) is 2.54. The van der Waals surface area contributed by atoms with E-state index in [1.165, 1.54) is 11.1 Å². The predicted molar refractivity (Wildman–Crippen MR) is 65.0 cm³/mol. The maximum absolute atomic E-state index is 12.2. The van der Waals surface area contributed by atoms with E-state index in [0.29, 0.717) is 5.76 Å². The maximum Gasteiger partial charge on any atom is 0.201 e. The number of hydrogen-bond donors (Lipinski definition) is 0. The highest BCUT2D eigenvalue weighted by molar-refractivity contribution is 5.95. The van der Waals surface area contributed by atoms with Crippen LogP contribution < -0.4 is 0 Å². The molecule has 0 aliphatic heterocycles. The number of Topliss-reactive ketones (excluding diaryl/α,β-unsaturated/α-hetero) is 1. The third kappa shape index (κ3) is 1.91. The fourth-order valence-electron chi connectivity index (χ4n) is 2.54. The molecule has 0 N–H and O–H groups in total. The second-order valence-electron chi connectivity index (χ2n) is 4.55. The summed E-state index contributed by atoms with van der Waals surface area (Å²) in [7, 11) is 0. The van der Waals surface area contributed by atoms with Gasteiger partial charge in [0.1, 0.15) is 0 Å². The zero-order valence-electron chi connectivity index (χ0n) is 9.56. The van der Waals surface area contributed by atoms with Gasteiger partial charge in [-0.1, -0.05) is 24.3 Å². The maximum atomic E-state index is 12.2. The van der Waals surface area contributed by atoms with Crippen LogP contribution in [-0.4, -0.2) is 5.78 Å². The van der Waals surface area contributed by atoms with E-state index in [-0.39, 0.29) is 11.7 Å². The second-order valence-corrected chi connectivity index (χ2v) is 4.55. The van der Waals surface area contributed by atoms with Gasteiger partial charge in [-0.15, -0.1) is 0 Å². The van der Waals surface area contributed by atoms with Gasteiger partial charge in [-0.2, -0.15) is 0 Å². The van der Waals surface area contributed by atoms with Crippen LogP contribution in [0.15, 0.2) is 47.1 Å². The number of benzene rings is 1. The molecule has 2 aromatic rings. The van der Waals surface area contributed by atoms with Crippen molar-refractivity contribution in [2.75, 3.05) is 0 Å². The first-order valence-electron chi connectivity index (χ1n) is 5.99. The number of ketones is 1. The first-order chi connectivity index (χ1) is 8.34. The molecule has 0 bridgehead atoms. The van der Waals surface area contributed by atoms with E-state index >= 15 is 0 Å². The van der Waals surface area contributed by atoms with Crippen LogP contribution in [0.4, 0.5) is 0 Å². The van der Waals surface area contributed by atoms with E-state index in [1.54, 1.807) is 18.4 Å². The van der Waals surface area contributed by atoms with E-state index in [0.717, 1.165) is 19.3 Å². The first-order valence-corrected chi connectivity index (χ1v) is 5.99. The monoisotopic (exact) mass is 226 g/mol. The van der Waals surface area contributed by atoms with Gasteiger partial charge in [0.15, 0.2) is 5.76 Å². The Morgan fingerprint density at radius 3 is 2.71 bits per heavy atom. The van der Waals surface area contributed by atoms with Crippen molar-refractivity contribution >= 4 is 5.78 Å². The highest BCUT2D eigenvalue weighted by Crippen LogP contribution is 2.27. The van der Waals surface area contributed by atoms with Gasteiger partial charge in [0.2, 0.25) is 5.78 Å². The summed E-state index contributed by atoms with van der Waals surface area (Å²) in [6, 6.07) is 11.9. The Morgan fingerprint density at radius 1 is 1.12 bits per heavy atom. The van der Waals surface area contributed by atoms with Crippen LogP contribution in [0, 0.1) is 5.92 Å². The molecular weight excluding hydrogens is 212 g/mol. The van der Waals surface area contributed by atoms with Gasteiger partial charge >= 0.3 is 0 Å². The molecule has 2 heteroatoms. The van der Waals surface area contributed by atoms with Crippen LogP contribution in [0.2, 0.25) is 0 Å². The van der Waals surface area contributed by atoms with Crippen LogP contribution in [0.1, 0.15) is 28.1 Å². The average Bonchev–Trinajstić information content (AvgIpc) is 2.91. The molecule has 1 aromatic carbocycles. The van der Waals surface area contributed by atoms with E-state index in [2.05, 4.69) is 18.2 Å². The number of carbonyl (C=O) groups is 1. The molecule has 1 heterocycles. The lowest BCUT2D eigenvalue weighted by Gasteiger charge is -2.22. The van der Waals surface area contributed by atoms with Gasteiger partial charge in [0, 0.05) is 5.92 Å². The van der Waals surface area contributed by atoms with Gasteiger partial charge in [-0.25, -0.2) is 0 Å². The molecule has 0 radical (unpaired) electrons. The summed E-state index contributed by atoms with van der Waals surface area (Å²) in [5, 5.41) is 0. The summed E-state index contributed by atoms with van der Waals surface area (Å²) in [6.45, 7) is 0. The molecule has 2 nitrogen and oxygen atoms in total. The summed E-state index contributed by atoms with van der Waals surface area (Å²) < 4.78 is 5.19. The molecule has 0 saturated heterocycles. The predicted octanol–water partition coefficient (Wildman–Crippen LogP) is 3.27. The van der Waals surface area contributed by atoms with Gasteiger partial charge < -0.3 is 4.42 Å². The smallest absolute Gasteiger partial charge is 0.201 e. The third-order valence-electron chi connectivity index (χ3n) is 3.48. The topological polar surface area (TPSA) is 30.2 Å². The SMILES string of the molecule is O=C(c1ccco1)C1CCc2ccccc2C1. The Labute approximate surface area is 100 Å². The summed E-state index contributed by atoms with van der Waals surface area (Å²) in [6.07, 6.45) is 4.32. The van der Waals surface area contributed by atoms with Crippen LogP contribution in [-0.2, 0) is 12.8 Å². The first kappa shape index (κ1) is 10.3. The van der Waals surface area contributed by atoms with Crippen molar-refractivity contribution in [1.29, 1.82) is 0 Å². The molecular formula is C15H14O2. The van der Waals surface area contributed by atoms with Crippen molar-refractivity contribution in [2.45, 2.75) is 19.3 Å². The van der Waals surface area contributed by atoms with E-state index < -0.39 is 0 Å². The minimum absolute atomic E-state index is 0.0797. The normalized spacial score (nSPS) is 18.7. The molecule has 17 heavy (non-hydrogen) atoms. The standard InChI is InChI=1S/C15H14O2/c16-15(14-6-3-9-17-14)13-8-7-11-4-1-2-5-12(11)10-13/h1-6,9,13H,7-8,10H2. The quantitative estimate of drug-likeness (QED) is 0.736. The van der Waals surface area contributed by atoms with Crippen molar-refractivity contribution in [2.24, 2.45) is 5.92 Å². The van der Waals surface area contributed by atoms with Gasteiger partial charge in [0.05, 0.1) is 6.26 Å². The minimum Gasteiger partial charge on any atom is -0.461 e. The average molecular weight is 226 g/mol. The zero-order chi connectivity index (χ0) is 11.7. The Kier molecular flexibility index (Phi) is 2.56. The summed E-state index contributed by atoms with van der Waals surface area (Å²) in [5.74, 6) is 0.718. The zero-order valence-corrected chi connectivity index (χ0v) is 9.56. The Hall–Kier alpha value is -1.83. The number of fused-ring (bicyclic) bond motifs is 1. The lowest BCUT2D eigenvalue weighted by atomic mass is 9.81. The Bertz CT molecular complexity index is 526. The molecule has 3 rings (SSSR count). The summed E-state index contributed by atoms with van der Waals surface area (Å²) >= 11 is 0. The molecule has 1 unspecified atom stereocenters. The number of carbonyl (C=O) groups excluding carboxylic acids is 1. The van der Waals surface area contributed by atoms with Gasteiger partial charge in [0.25, 0.3) is 0 Å². The van der Waals surface area contributed by atoms with Gasteiger partial charge in [-0.3, -0.25) is 4.79 Å². The van der Waals surface area contributed by atoms with Crippen LogP contribution >= 0.6 is 0 Å². The van der Waals surface area contributed by atoms with Crippen molar-refractivity contribution in [3.05, 3.63) is 59.5 Å². The number of furan rings is 1. The van der Waals surface area contributed by atoms with E-state index in [4.69, 9.17) is 4.42 Å². The summed E-state index contributed by atoms with van der Waals surface area (Å²) in [4.78, 5) is 12.2. The summed E-state index contributed by atoms with van der Waals surface area (Å²) in [5.41, 5.74) is 2.69. The molecule has 1 aliphatic rings. The lowest BCUT2D eigenvalue weighted by molar-refractivity contribution is 0.0880. The molecule has 0 amide bonds. The second kappa shape index (κ2) is 4.21. The number of rotatable bonds is 2. The van der Waals surface area contributed by atoms with Crippen molar-refractivity contribution in [1.82, 2.24) is 0 Å². The molecule has 0 saturated carbocycles. The fraction of sp³-hybridized carbons (Fsp3) is 0.267. The third-order valence-corrected chi connectivity index (χ3v) is 3.48. The molecule has 0 fully saturated rings. The van der Waals surface area contributed by atoms with Crippen LogP contribution in [0.5, 0.6) is 0 Å². The molecule has 0 spiro atoms. The number of aryl methyl sites for hydroxylation is 1. The van der Waals surface area contributed by atoms with Crippen molar-refractivity contribution in [3.63, 3.8) is 0 Å². The van der Waals surface area contributed by atoms with Crippen LogP contribution in [0.25, 0.3) is 0 Å². The van der Waals surface area contributed by atoms with Crippen molar-refractivity contribution < 1.29 is 9.21 Å². The van der Waals surface area contributed by atoms with Gasteiger partial charge in [-0.05, 0) is 42.5 Å². The Balaban J connectivity index is 1.83. The highest BCUT2D eigenvalue weighted by atomic mass is 16.3. The largest absolute Gasteiger partial charge is 0.461 e. The molecule has 1 atom stereocenters. The van der Waals surface area contributed by atoms with Crippen molar-refractivity contribution in [3.8, 4) is 0 Å².